The maximum Gasteiger partial charge on any atom is 0.125 e. The lowest BCUT2D eigenvalue weighted by molar-refractivity contribution is -0.304. The number of carbonyl (C=O) groups is 1. The molecule has 0 fully saturated rings. The molecule has 0 unspecified atom stereocenters. The minimum absolute atomic E-state index is 0.0599. The van der Waals surface area contributed by atoms with E-state index in [1.165, 1.54) is 0 Å². The molecule has 1 aromatic carbocycles. The Morgan fingerprint density at radius 3 is 2.18 bits per heavy atom. The topological polar surface area (TPSA) is 49.4 Å². The molecule has 0 aliphatic carbocycles. The first-order valence-electron chi connectivity index (χ1n) is 7.90. The first-order chi connectivity index (χ1) is 10.00. The normalized spacial score (nSPS) is 12.3. The molecule has 0 saturated carbocycles. The van der Waals surface area contributed by atoms with Gasteiger partial charge in [0.05, 0.1) is 7.11 Å². The zero-order valence-corrected chi connectivity index (χ0v) is 15.0. The van der Waals surface area contributed by atoms with Crippen LogP contribution >= 0.6 is 0 Å². The van der Waals surface area contributed by atoms with E-state index in [1.54, 1.807) is 7.11 Å². The minimum Gasteiger partial charge on any atom is -0.550 e. The zero-order valence-electron chi connectivity index (χ0n) is 15.0. The summed E-state index contributed by atoms with van der Waals surface area (Å²) in [5, 5.41) is 11.0. The highest BCUT2D eigenvalue weighted by molar-refractivity contribution is 5.68. The molecule has 0 aliphatic rings. The quantitative estimate of drug-likeness (QED) is 0.810. The molecule has 0 radical (unpaired) electrons. The van der Waals surface area contributed by atoms with Crippen molar-refractivity contribution < 1.29 is 14.6 Å². The van der Waals surface area contributed by atoms with Gasteiger partial charge in [0.1, 0.15) is 5.75 Å². The Morgan fingerprint density at radius 2 is 1.77 bits per heavy atom. The second-order valence-corrected chi connectivity index (χ2v) is 7.86. The van der Waals surface area contributed by atoms with E-state index in [9.17, 15) is 9.90 Å². The van der Waals surface area contributed by atoms with E-state index in [0.29, 0.717) is 0 Å². The molecule has 0 spiro atoms. The van der Waals surface area contributed by atoms with Gasteiger partial charge in [-0.1, -0.05) is 53.7 Å². The van der Waals surface area contributed by atoms with Crippen LogP contribution in [0.2, 0.25) is 0 Å². The molecule has 0 N–H and O–H groups in total. The SMILES string of the molecule is CCc1cc(CC(=O)[O-])cc(C(C)(C)CC(C)(C)C)c1OC. The van der Waals surface area contributed by atoms with Crippen molar-refractivity contribution in [3.63, 3.8) is 0 Å². The van der Waals surface area contributed by atoms with Crippen LogP contribution in [0.1, 0.15) is 64.7 Å². The van der Waals surface area contributed by atoms with Gasteiger partial charge in [-0.15, -0.1) is 0 Å². The van der Waals surface area contributed by atoms with Crippen LogP contribution in [0.25, 0.3) is 0 Å². The fraction of sp³-hybridized carbons (Fsp3) is 0.632. The minimum atomic E-state index is -1.05. The van der Waals surface area contributed by atoms with Crippen molar-refractivity contribution in [1.29, 1.82) is 0 Å². The van der Waals surface area contributed by atoms with E-state index in [0.717, 1.165) is 35.3 Å². The molecule has 0 bridgehead atoms. The van der Waals surface area contributed by atoms with Crippen LogP contribution in [-0.2, 0) is 23.1 Å². The number of ether oxygens (including phenoxy) is 1. The number of benzene rings is 1. The molecular weight excluding hydrogens is 276 g/mol. The fourth-order valence-electron chi connectivity index (χ4n) is 3.45. The third-order valence-corrected chi connectivity index (χ3v) is 3.86. The predicted molar refractivity (Wildman–Crippen MR) is 88.2 cm³/mol. The number of aliphatic carboxylic acids is 1. The number of carboxylic acid groups (broad SMARTS) is 1. The molecule has 0 atom stereocenters. The van der Waals surface area contributed by atoms with Gasteiger partial charge in [-0.2, -0.15) is 0 Å². The van der Waals surface area contributed by atoms with Crippen LogP contribution in [0.3, 0.4) is 0 Å². The van der Waals surface area contributed by atoms with Gasteiger partial charge in [0.25, 0.3) is 0 Å². The summed E-state index contributed by atoms with van der Waals surface area (Å²) < 4.78 is 5.67. The van der Waals surface area contributed by atoms with Crippen molar-refractivity contribution in [3.05, 3.63) is 28.8 Å². The van der Waals surface area contributed by atoms with E-state index in [1.807, 2.05) is 12.1 Å². The monoisotopic (exact) mass is 305 g/mol. The van der Waals surface area contributed by atoms with E-state index >= 15 is 0 Å². The van der Waals surface area contributed by atoms with Crippen molar-refractivity contribution >= 4 is 5.97 Å². The summed E-state index contributed by atoms with van der Waals surface area (Å²) in [7, 11) is 1.68. The van der Waals surface area contributed by atoms with E-state index < -0.39 is 5.97 Å². The summed E-state index contributed by atoms with van der Waals surface area (Å²) in [6.45, 7) is 13.1. The molecule has 22 heavy (non-hydrogen) atoms. The van der Waals surface area contributed by atoms with E-state index in [-0.39, 0.29) is 17.3 Å². The van der Waals surface area contributed by atoms with Crippen LogP contribution in [0.4, 0.5) is 0 Å². The first kappa shape index (κ1) is 18.5. The summed E-state index contributed by atoms with van der Waals surface area (Å²) in [6.07, 6.45) is 1.73. The van der Waals surface area contributed by atoms with Gasteiger partial charge in [-0.25, -0.2) is 0 Å². The molecule has 0 saturated heterocycles. The maximum absolute atomic E-state index is 11.0. The Hall–Kier alpha value is -1.51. The average molecular weight is 305 g/mol. The number of aryl methyl sites for hydroxylation is 1. The highest BCUT2D eigenvalue weighted by Crippen LogP contribution is 2.42. The van der Waals surface area contributed by atoms with Crippen molar-refractivity contribution in [3.8, 4) is 5.75 Å². The molecule has 0 heterocycles. The second-order valence-electron chi connectivity index (χ2n) is 7.86. The molecule has 0 aromatic heterocycles. The maximum atomic E-state index is 11.0. The van der Waals surface area contributed by atoms with Crippen LogP contribution in [0, 0.1) is 5.41 Å². The fourth-order valence-corrected chi connectivity index (χ4v) is 3.45. The van der Waals surface area contributed by atoms with E-state index in [2.05, 4.69) is 41.5 Å². The number of carbonyl (C=O) groups excluding carboxylic acids is 1. The van der Waals surface area contributed by atoms with Crippen LogP contribution < -0.4 is 9.84 Å². The van der Waals surface area contributed by atoms with Crippen LogP contribution in [-0.4, -0.2) is 13.1 Å². The predicted octanol–water partition coefficient (Wildman–Crippen LogP) is 3.26. The first-order valence-corrected chi connectivity index (χ1v) is 7.90. The van der Waals surface area contributed by atoms with Gasteiger partial charge >= 0.3 is 0 Å². The largest absolute Gasteiger partial charge is 0.550 e. The highest BCUT2D eigenvalue weighted by atomic mass is 16.5. The molecule has 0 aliphatic heterocycles. The molecule has 3 nitrogen and oxygen atoms in total. The van der Waals surface area contributed by atoms with Gasteiger partial charge in [0, 0.05) is 18.0 Å². The van der Waals surface area contributed by atoms with Crippen LogP contribution in [0.15, 0.2) is 12.1 Å². The molecular formula is C19H29O3-. The number of carboxylic acids is 1. The number of hydrogen-bond donors (Lipinski definition) is 0. The Balaban J connectivity index is 3.44. The lowest BCUT2D eigenvalue weighted by atomic mass is 9.71. The zero-order chi connectivity index (χ0) is 17.1. The Labute approximate surface area is 134 Å². The number of hydrogen-bond acceptors (Lipinski definition) is 3. The lowest BCUT2D eigenvalue weighted by Gasteiger charge is -2.35. The molecule has 124 valence electrons. The van der Waals surface area contributed by atoms with Gasteiger partial charge in [-0.05, 0) is 34.8 Å². The third-order valence-electron chi connectivity index (χ3n) is 3.86. The van der Waals surface area contributed by atoms with Gasteiger partial charge in [-0.3, -0.25) is 0 Å². The third kappa shape index (κ3) is 4.75. The summed E-state index contributed by atoms with van der Waals surface area (Å²) in [4.78, 5) is 11.0. The summed E-state index contributed by atoms with van der Waals surface area (Å²) in [5.41, 5.74) is 2.99. The van der Waals surface area contributed by atoms with Gasteiger partial charge in [0.15, 0.2) is 0 Å². The number of rotatable bonds is 6. The van der Waals surface area contributed by atoms with Crippen molar-refractivity contribution in [2.24, 2.45) is 5.41 Å². The van der Waals surface area contributed by atoms with Crippen LogP contribution in [0.5, 0.6) is 5.75 Å². The molecule has 1 rings (SSSR count). The molecule has 0 amide bonds. The van der Waals surface area contributed by atoms with Crippen molar-refractivity contribution in [2.45, 2.75) is 66.2 Å². The highest BCUT2D eigenvalue weighted by Gasteiger charge is 2.31. The Kier molecular flexibility index (Phi) is 5.66. The number of methoxy groups -OCH3 is 1. The van der Waals surface area contributed by atoms with E-state index in [4.69, 9.17) is 4.74 Å². The average Bonchev–Trinajstić information content (AvgIpc) is 2.34. The Bertz CT molecular complexity index is 536. The van der Waals surface area contributed by atoms with Gasteiger partial charge < -0.3 is 14.6 Å². The summed E-state index contributed by atoms with van der Waals surface area (Å²) >= 11 is 0. The van der Waals surface area contributed by atoms with Gasteiger partial charge in [0.2, 0.25) is 0 Å². The standard InChI is InChI=1S/C19H30O3/c1-8-14-9-13(11-16(20)21)10-15(17(14)22-7)19(5,6)12-18(2,3)4/h9-10H,8,11-12H2,1-7H3,(H,20,21)/p-1. The summed E-state index contributed by atoms with van der Waals surface area (Å²) in [5.74, 6) is -0.161. The summed E-state index contributed by atoms with van der Waals surface area (Å²) in [6, 6.07) is 3.89. The molecule has 1 aromatic rings. The van der Waals surface area contributed by atoms with Crippen molar-refractivity contribution in [2.75, 3.05) is 7.11 Å². The van der Waals surface area contributed by atoms with Crippen molar-refractivity contribution in [1.82, 2.24) is 0 Å². The smallest absolute Gasteiger partial charge is 0.125 e. The lowest BCUT2D eigenvalue weighted by Crippen LogP contribution is -2.27. The molecule has 3 heteroatoms. The second kappa shape index (κ2) is 6.72. The Morgan fingerprint density at radius 1 is 1.18 bits per heavy atom.